The zero-order valence-electron chi connectivity index (χ0n) is 14.9. The van der Waals surface area contributed by atoms with Gasteiger partial charge in [0.15, 0.2) is 0 Å². The standard InChI is InChI=1S/C18H27N5O2/c1-12(10-25-11-13-4-3-5-13)23-18(24)16-6-14(9-22-17(16)20)15(7-19)8-21-2/h6-9,12-13H,3-5,10-11,19H2,1-2H3,(H2,20,22)(H,23,24). The Kier molecular flexibility index (Phi) is 6.94. The van der Waals surface area contributed by atoms with Crippen LogP contribution in [0.3, 0.4) is 0 Å². The number of aromatic nitrogens is 1. The van der Waals surface area contributed by atoms with E-state index in [-0.39, 0.29) is 17.8 Å². The SMILES string of the molecule is CN=CC(=CN)c1cnc(N)c(C(=O)NC(C)COCC2CCC2)c1. The molecule has 7 heteroatoms. The zero-order valence-corrected chi connectivity index (χ0v) is 14.9. The largest absolute Gasteiger partial charge is 0.404 e. The highest BCUT2D eigenvalue weighted by molar-refractivity contribution is 6.10. The fourth-order valence-electron chi connectivity index (χ4n) is 2.58. The van der Waals surface area contributed by atoms with Crippen LogP contribution in [0, 0.1) is 5.92 Å². The predicted molar refractivity (Wildman–Crippen MR) is 100 cm³/mol. The molecule has 1 heterocycles. The number of pyridine rings is 1. The number of anilines is 1. The Morgan fingerprint density at radius 2 is 2.32 bits per heavy atom. The van der Waals surface area contributed by atoms with Gasteiger partial charge in [-0.05, 0) is 31.7 Å². The van der Waals surface area contributed by atoms with Crippen LogP contribution in [-0.2, 0) is 4.74 Å². The monoisotopic (exact) mass is 345 g/mol. The first-order valence-electron chi connectivity index (χ1n) is 8.53. The van der Waals surface area contributed by atoms with Crippen LogP contribution in [-0.4, -0.2) is 43.4 Å². The van der Waals surface area contributed by atoms with Gasteiger partial charge in [-0.1, -0.05) is 6.42 Å². The highest BCUT2D eigenvalue weighted by atomic mass is 16.5. The predicted octanol–water partition coefficient (Wildman–Crippen LogP) is 1.60. The molecule has 0 spiro atoms. The van der Waals surface area contributed by atoms with Crippen molar-refractivity contribution < 1.29 is 9.53 Å². The lowest BCUT2D eigenvalue weighted by atomic mass is 9.86. The van der Waals surface area contributed by atoms with E-state index in [0.717, 1.165) is 6.61 Å². The van der Waals surface area contributed by atoms with E-state index >= 15 is 0 Å². The van der Waals surface area contributed by atoms with Crippen LogP contribution in [0.15, 0.2) is 23.5 Å². The average molecular weight is 345 g/mol. The van der Waals surface area contributed by atoms with Crippen molar-refractivity contribution >= 4 is 23.5 Å². The number of nitrogens with one attached hydrogen (secondary N) is 1. The fourth-order valence-corrected chi connectivity index (χ4v) is 2.58. The van der Waals surface area contributed by atoms with E-state index in [4.69, 9.17) is 16.2 Å². The lowest BCUT2D eigenvalue weighted by Gasteiger charge is -2.25. The van der Waals surface area contributed by atoms with Crippen LogP contribution >= 0.6 is 0 Å². The maximum absolute atomic E-state index is 12.5. The average Bonchev–Trinajstić information content (AvgIpc) is 2.55. The Morgan fingerprint density at radius 1 is 1.56 bits per heavy atom. The molecule has 1 aromatic rings. The number of ether oxygens (including phenoxy) is 1. The quantitative estimate of drug-likeness (QED) is 0.619. The second-order valence-electron chi connectivity index (χ2n) is 6.37. The van der Waals surface area contributed by atoms with Gasteiger partial charge >= 0.3 is 0 Å². The van der Waals surface area contributed by atoms with Crippen molar-refractivity contribution in [2.45, 2.75) is 32.2 Å². The number of carbonyl (C=O) groups excluding carboxylic acids is 1. The lowest BCUT2D eigenvalue weighted by molar-refractivity contribution is 0.0562. The Labute approximate surface area is 148 Å². The van der Waals surface area contributed by atoms with Crippen molar-refractivity contribution in [2.75, 3.05) is 26.0 Å². The Hall–Kier alpha value is -2.41. The van der Waals surface area contributed by atoms with Crippen LogP contribution in [0.25, 0.3) is 5.57 Å². The number of nitrogen functional groups attached to an aromatic ring is 1. The Balaban J connectivity index is 1.97. The maximum Gasteiger partial charge on any atom is 0.255 e. The van der Waals surface area contributed by atoms with E-state index in [1.165, 1.54) is 25.5 Å². The lowest BCUT2D eigenvalue weighted by Crippen LogP contribution is -2.37. The van der Waals surface area contributed by atoms with Crippen molar-refractivity contribution in [3.8, 4) is 0 Å². The number of nitrogens with two attached hydrogens (primary N) is 2. The normalized spacial score (nSPS) is 16.6. The van der Waals surface area contributed by atoms with E-state index in [0.29, 0.717) is 29.2 Å². The minimum Gasteiger partial charge on any atom is -0.404 e. The molecule has 25 heavy (non-hydrogen) atoms. The summed E-state index contributed by atoms with van der Waals surface area (Å²) in [6.07, 6.45) is 8.37. The van der Waals surface area contributed by atoms with Gasteiger partial charge in [-0.3, -0.25) is 9.79 Å². The smallest absolute Gasteiger partial charge is 0.255 e. The minimum atomic E-state index is -0.281. The molecule has 1 aromatic heterocycles. The summed E-state index contributed by atoms with van der Waals surface area (Å²) >= 11 is 0. The number of allylic oxidation sites excluding steroid dienone is 1. The Bertz CT molecular complexity index is 653. The molecule has 1 aliphatic rings. The molecule has 1 amide bonds. The van der Waals surface area contributed by atoms with E-state index in [1.54, 1.807) is 25.5 Å². The van der Waals surface area contributed by atoms with Gasteiger partial charge in [-0.15, -0.1) is 0 Å². The second-order valence-corrected chi connectivity index (χ2v) is 6.37. The van der Waals surface area contributed by atoms with Gasteiger partial charge in [0.1, 0.15) is 5.82 Å². The molecular weight excluding hydrogens is 318 g/mol. The van der Waals surface area contributed by atoms with Crippen molar-refractivity contribution in [2.24, 2.45) is 16.6 Å². The molecule has 1 atom stereocenters. The third-order valence-corrected chi connectivity index (χ3v) is 4.27. The molecule has 0 saturated heterocycles. The van der Waals surface area contributed by atoms with Crippen LogP contribution in [0.1, 0.15) is 42.1 Å². The number of hydrogen-bond acceptors (Lipinski definition) is 6. The van der Waals surface area contributed by atoms with Crippen molar-refractivity contribution in [1.82, 2.24) is 10.3 Å². The van der Waals surface area contributed by atoms with Gasteiger partial charge < -0.3 is 21.5 Å². The van der Waals surface area contributed by atoms with Gasteiger partial charge in [0.2, 0.25) is 0 Å². The summed E-state index contributed by atoms with van der Waals surface area (Å²) in [4.78, 5) is 20.5. The number of aliphatic imine (C=N–C) groups is 1. The number of amides is 1. The summed E-state index contributed by atoms with van der Waals surface area (Å²) in [7, 11) is 1.65. The molecule has 0 aliphatic heterocycles. The van der Waals surface area contributed by atoms with Gasteiger partial charge in [0.25, 0.3) is 5.91 Å². The molecule has 0 bridgehead atoms. The van der Waals surface area contributed by atoms with Gasteiger partial charge in [-0.2, -0.15) is 0 Å². The second kappa shape index (κ2) is 9.17. The molecular formula is C18H27N5O2. The van der Waals surface area contributed by atoms with Gasteiger partial charge in [-0.25, -0.2) is 4.98 Å². The van der Waals surface area contributed by atoms with Crippen LogP contribution in [0.4, 0.5) is 5.82 Å². The van der Waals surface area contributed by atoms with E-state index in [9.17, 15) is 4.79 Å². The third-order valence-electron chi connectivity index (χ3n) is 4.27. The molecule has 7 nitrogen and oxygen atoms in total. The minimum absolute atomic E-state index is 0.114. The maximum atomic E-state index is 12.5. The molecule has 0 radical (unpaired) electrons. The highest BCUT2D eigenvalue weighted by Crippen LogP contribution is 2.26. The van der Waals surface area contributed by atoms with Crippen molar-refractivity contribution in [3.63, 3.8) is 0 Å². The summed E-state index contributed by atoms with van der Waals surface area (Å²) in [6.45, 7) is 3.15. The van der Waals surface area contributed by atoms with Crippen LogP contribution in [0.2, 0.25) is 0 Å². The first-order valence-corrected chi connectivity index (χ1v) is 8.53. The van der Waals surface area contributed by atoms with Crippen molar-refractivity contribution in [3.05, 3.63) is 29.6 Å². The van der Waals surface area contributed by atoms with Crippen LogP contribution in [0.5, 0.6) is 0 Å². The Morgan fingerprint density at radius 3 is 2.92 bits per heavy atom. The summed E-state index contributed by atoms with van der Waals surface area (Å²) in [6, 6.07) is 1.55. The van der Waals surface area contributed by atoms with E-state index in [1.807, 2.05) is 6.92 Å². The van der Waals surface area contributed by atoms with Crippen molar-refractivity contribution in [1.29, 1.82) is 0 Å². The molecule has 1 aliphatic carbocycles. The fraction of sp³-hybridized carbons (Fsp3) is 0.500. The number of rotatable bonds is 8. The number of nitrogens with zero attached hydrogens (tertiary/aromatic N) is 2. The van der Waals surface area contributed by atoms with E-state index < -0.39 is 0 Å². The topological polar surface area (TPSA) is 116 Å². The third kappa shape index (κ3) is 5.29. The number of hydrogen-bond donors (Lipinski definition) is 3. The molecule has 136 valence electrons. The number of carbonyl (C=O) groups is 1. The molecule has 1 saturated carbocycles. The first kappa shape index (κ1) is 18.9. The molecule has 5 N–H and O–H groups in total. The molecule has 1 unspecified atom stereocenters. The summed E-state index contributed by atoms with van der Waals surface area (Å²) in [5.74, 6) is 0.575. The molecule has 0 aromatic carbocycles. The summed E-state index contributed by atoms with van der Waals surface area (Å²) in [5.41, 5.74) is 13.1. The summed E-state index contributed by atoms with van der Waals surface area (Å²) in [5, 5.41) is 2.89. The zero-order chi connectivity index (χ0) is 18.2. The summed E-state index contributed by atoms with van der Waals surface area (Å²) < 4.78 is 5.67. The van der Waals surface area contributed by atoms with Gasteiger partial charge in [0, 0.05) is 49.4 Å². The first-order chi connectivity index (χ1) is 12.0. The van der Waals surface area contributed by atoms with E-state index in [2.05, 4.69) is 15.3 Å². The molecule has 2 rings (SSSR count). The van der Waals surface area contributed by atoms with Crippen LogP contribution < -0.4 is 16.8 Å². The van der Waals surface area contributed by atoms with Gasteiger partial charge in [0.05, 0.1) is 12.2 Å². The highest BCUT2D eigenvalue weighted by Gasteiger charge is 2.19. The molecule has 1 fully saturated rings.